The summed E-state index contributed by atoms with van der Waals surface area (Å²) in [5.74, 6) is 2.48. The molecule has 0 aromatic heterocycles. The van der Waals surface area contributed by atoms with Crippen LogP contribution in [0.4, 0.5) is 0 Å². The van der Waals surface area contributed by atoms with E-state index in [9.17, 15) is 8.42 Å². The molecule has 0 rings (SSSR count). The summed E-state index contributed by atoms with van der Waals surface area (Å²) >= 11 is 0. The monoisotopic (exact) mass is 330 g/mol. The van der Waals surface area contributed by atoms with Gasteiger partial charge in [-0.2, -0.15) is 8.42 Å². The molecule has 0 saturated carbocycles. The number of hydrogen-bond donors (Lipinski definition) is 1. The predicted octanol–water partition coefficient (Wildman–Crippen LogP) is 5.71. The highest BCUT2D eigenvalue weighted by molar-refractivity contribution is 7.90. The topological polar surface area (TPSA) is 54.4 Å². The number of hydrogen-bond acceptors (Lipinski definition) is 2. The molecule has 0 saturated heterocycles. The van der Waals surface area contributed by atoms with E-state index < -0.39 is 10.1 Å². The van der Waals surface area contributed by atoms with E-state index in [2.05, 4.69) is 12.8 Å². The lowest BCUT2D eigenvalue weighted by atomic mass is 10.0. The van der Waals surface area contributed by atoms with Crippen molar-refractivity contribution >= 4 is 10.1 Å². The molecule has 130 valence electrons. The van der Waals surface area contributed by atoms with Crippen LogP contribution in [-0.2, 0) is 10.1 Å². The van der Waals surface area contributed by atoms with Crippen molar-refractivity contribution in [2.75, 3.05) is 0 Å². The van der Waals surface area contributed by atoms with Gasteiger partial charge in [0.2, 0.25) is 0 Å². The Labute approximate surface area is 138 Å². The van der Waals surface area contributed by atoms with Gasteiger partial charge in [-0.25, -0.2) is 0 Å². The van der Waals surface area contributed by atoms with E-state index in [0.717, 1.165) is 12.8 Å². The zero-order valence-electron chi connectivity index (χ0n) is 14.3. The molecule has 3 nitrogen and oxygen atoms in total. The predicted molar refractivity (Wildman–Crippen MR) is 94.3 cm³/mol. The van der Waals surface area contributed by atoms with Crippen molar-refractivity contribution < 1.29 is 13.0 Å². The molecule has 4 heteroatoms. The van der Waals surface area contributed by atoms with Gasteiger partial charge in [-0.3, -0.25) is 4.55 Å². The maximum Gasteiger partial charge on any atom is 0.335 e. The lowest BCUT2D eigenvalue weighted by Crippen LogP contribution is -1.89. The second-order valence-corrected chi connectivity index (χ2v) is 7.25. The van der Waals surface area contributed by atoms with Gasteiger partial charge in [-0.05, 0) is 6.42 Å². The minimum Gasteiger partial charge on any atom is -0.276 e. The first-order valence-electron chi connectivity index (χ1n) is 9.03. The van der Waals surface area contributed by atoms with Crippen molar-refractivity contribution in [3.05, 3.63) is 0 Å². The Morgan fingerprint density at radius 3 is 1.41 bits per heavy atom. The van der Waals surface area contributed by atoms with Crippen LogP contribution >= 0.6 is 0 Å². The van der Waals surface area contributed by atoms with Gasteiger partial charge in [0.25, 0.3) is 0 Å². The van der Waals surface area contributed by atoms with Crippen molar-refractivity contribution in [1.29, 1.82) is 0 Å². The van der Waals surface area contributed by atoms with Crippen molar-refractivity contribution in [2.45, 2.75) is 103 Å². The van der Waals surface area contributed by atoms with Gasteiger partial charge in [0.1, 0.15) is 0 Å². The van der Waals surface area contributed by atoms with Gasteiger partial charge in [0.05, 0.1) is 5.25 Å². The molecule has 0 aromatic rings. The average molecular weight is 331 g/mol. The zero-order valence-corrected chi connectivity index (χ0v) is 15.1. The molecule has 0 radical (unpaired) electrons. The van der Waals surface area contributed by atoms with E-state index in [4.69, 9.17) is 4.55 Å². The van der Waals surface area contributed by atoms with Crippen LogP contribution in [0.2, 0.25) is 0 Å². The van der Waals surface area contributed by atoms with E-state index >= 15 is 0 Å². The van der Waals surface area contributed by atoms with E-state index in [0.29, 0.717) is 6.42 Å². The van der Waals surface area contributed by atoms with Crippen LogP contribution in [0.1, 0.15) is 103 Å². The molecule has 0 bridgehead atoms. The van der Waals surface area contributed by atoms with Gasteiger partial charge >= 0.3 is 10.1 Å². The third-order valence-corrected chi connectivity index (χ3v) is 4.26. The summed E-state index contributed by atoms with van der Waals surface area (Å²) in [5, 5.41) is 1.85. The van der Waals surface area contributed by atoms with Gasteiger partial charge in [-0.1, -0.05) is 96.3 Å². The van der Waals surface area contributed by atoms with Crippen molar-refractivity contribution in [3.63, 3.8) is 0 Å². The van der Waals surface area contributed by atoms with Crippen LogP contribution in [0.15, 0.2) is 0 Å². The Bertz CT molecular complexity index is 390. The quantitative estimate of drug-likeness (QED) is 0.252. The summed E-state index contributed by atoms with van der Waals surface area (Å²) in [6.07, 6.45) is 18.8. The fraction of sp³-hybridized carbons (Fsp3) is 0.889. The van der Waals surface area contributed by atoms with E-state index in [1.807, 2.05) is 5.25 Å². The summed E-state index contributed by atoms with van der Waals surface area (Å²) in [7, 11) is -4.10. The first kappa shape index (κ1) is 21.5. The summed E-state index contributed by atoms with van der Waals surface area (Å²) in [5.41, 5.74) is 0. The molecule has 0 spiro atoms. The highest BCUT2D eigenvalue weighted by atomic mass is 32.2. The summed E-state index contributed by atoms with van der Waals surface area (Å²) in [6, 6.07) is 0. The molecule has 1 N–H and O–H groups in total. The van der Waals surface area contributed by atoms with Crippen LogP contribution in [0.3, 0.4) is 0 Å². The van der Waals surface area contributed by atoms with Crippen LogP contribution < -0.4 is 0 Å². The molecule has 0 unspecified atom stereocenters. The van der Waals surface area contributed by atoms with Crippen molar-refractivity contribution in [1.82, 2.24) is 0 Å². The number of unbranched alkanes of at least 4 members (excludes halogenated alkanes) is 14. The molecule has 0 aliphatic rings. The Hall–Kier alpha value is -0.530. The van der Waals surface area contributed by atoms with Crippen LogP contribution in [-0.4, -0.2) is 13.0 Å². The molecular formula is C18H34O3S. The molecule has 0 aromatic carbocycles. The Morgan fingerprint density at radius 1 is 0.682 bits per heavy atom. The molecular weight excluding hydrogens is 296 g/mol. The fourth-order valence-corrected chi connectivity index (χ4v) is 2.83. The summed E-state index contributed by atoms with van der Waals surface area (Å²) in [6.45, 7) is 2.26. The lowest BCUT2D eigenvalue weighted by Gasteiger charge is -2.02. The molecule has 0 aliphatic carbocycles. The van der Waals surface area contributed by atoms with Gasteiger partial charge < -0.3 is 0 Å². The first-order chi connectivity index (χ1) is 10.6. The largest absolute Gasteiger partial charge is 0.335 e. The lowest BCUT2D eigenvalue weighted by molar-refractivity contribution is 0.496. The summed E-state index contributed by atoms with van der Waals surface area (Å²) in [4.78, 5) is 0. The first-order valence-corrected chi connectivity index (χ1v) is 10.5. The van der Waals surface area contributed by atoms with Gasteiger partial charge in [0, 0.05) is 6.42 Å². The highest BCUT2D eigenvalue weighted by Gasteiger charge is 1.95. The molecule has 0 amide bonds. The molecule has 0 fully saturated rings. The van der Waals surface area contributed by atoms with E-state index in [1.165, 1.54) is 77.0 Å². The van der Waals surface area contributed by atoms with E-state index in [-0.39, 0.29) is 0 Å². The molecule has 0 heterocycles. The zero-order chi connectivity index (χ0) is 16.5. The van der Waals surface area contributed by atoms with Gasteiger partial charge in [0.15, 0.2) is 0 Å². The average Bonchev–Trinajstić information content (AvgIpc) is 2.45. The third kappa shape index (κ3) is 19.5. The normalized spacial score (nSPS) is 11.2. The standard InChI is InChI=1S/C18H34O3S/c1-2-3-4-5-6-7-8-9-10-11-12-13-14-15-16-17-18-22(19,20)21/h2-16H2,1H3,(H,19,20,21). The fourth-order valence-electron chi connectivity index (χ4n) is 2.55. The van der Waals surface area contributed by atoms with Crippen molar-refractivity contribution in [3.8, 4) is 11.2 Å². The van der Waals surface area contributed by atoms with Crippen LogP contribution in [0, 0.1) is 11.2 Å². The Morgan fingerprint density at radius 2 is 1.05 bits per heavy atom. The molecule has 0 aliphatic heterocycles. The second kappa shape index (κ2) is 15.4. The molecule has 0 atom stereocenters. The van der Waals surface area contributed by atoms with E-state index in [1.54, 1.807) is 0 Å². The minimum absolute atomic E-state index is 0.553. The maximum atomic E-state index is 10.4. The van der Waals surface area contributed by atoms with Gasteiger partial charge in [-0.15, -0.1) is 0 Å². The van der Waals surface area contributed by atoms with Crippen molar-refractivity contribution in [2.24, 2.45) is 0 Å². The maximum absolute atomic E-state index is 10.4. The second-order valence-electron chi connectivity index (χ2n) is 6.10. The molecule has 22 heavy (non-hydrogen) atoms. The smallest absolute Gasteiger partial charge is 0.276 e. The Balaban J connectivity index is 3.13. The number of rotatable bonds is 14. The highest BCUT2D eigenvalue weighted by Crippen LogP contribution is 2.13. The minimum atomic E-state index is -4.10. The third-order valence-electron chi connectivity index (χ3n) is 3.86. The van der Waals surface area contributed by atoms with Crippen LogP contribution in [0.5, 0.6) is 0 Å². The SMILES string of the molecule is CCCCCCCCCCCCCCCCC#CS(=O)(=O)O. The summed E-state index contributed by atoms with van der Waals surface area (Å²) < 4.78 is 29.2. The van der Waals surface area contributed by atoms with Crippen LogP contribution in [0.25, 0.3) is 0 Å². The Kier molecular flexibility index (Phi) is 15.0.